The SMILES string of the molecule is CCOC(=O)c1cccc(COC(=O)N2CC3CCC2CC3)c1. The smallest absolute Gasteiger partial charge is 0.410 e. The summed E-state index contributed by atoms with van der Waals surface area (Å²) in [6.45, 7) is 3.12. The minimum absolute atomic E-state index is 0.181. The van der Waals surface area contributed by atoms with E-state index in [9.17, 15) is 9.59 Å². The fourth-order valence-electron chi connectivity index (χ4n) is 3.52. The Morgan fingerprint density at radius 2 is 1.96 bits per heavy atom. The van der Waals surface area contributed by atoms with Gasteiger partial charge in [-0.2, -0.15) is 0 Å². The van der Waals surface area contributed by atoms with Crippen LogP contribution in [-0.4, -0.2) is 36.2 Å². The van der Waals surface area contributed by atoms with Crippen molar-refractivity contribution in [2.24, 2.45) is 5.92 Å². The van der Waals surface area contributed by atoms with E-state index in [4.69, 9.17) is 9.47 Å². The second-order valence-electron chi connectivity index (χ2n) is 6.30. The average Bonchev–Trinajstić information content (AvgIpc) is 2.61. The molecule has 1 aromatic carbocycles. The molecule has 5 nitrogen and oxygen atoms in total. The van der Waals surface area contributed by atoms with Gasteiger partial charge in [0.15, 0.2) is 0 Å². The van der Waals surface area contributed by atoms with E-state index in [0.29, 0.717) is 24.1 Å². The molecule has 1 saturated carbocycles. The van der Waals surface area contributed by atoms with Gasteiger partial charge < -0.3 is 14.4 Å². The molecule has 4 rings (SSSR count). The summed E-state index contributed by atoms with van der Waals surface area (Å²) in [4.78, 5) is 25.9. The van der Waals surface area contributed by atoms with Gasteiger partial charge in [-0.3, -0.25) is 0 Å². The summed E-state index contributed by atoms with van der Waals surface area (Å²) >= 11 is 0. The van der Waals surface area contributed by atoms with E-state index in [-0.39, 0.29) is 18.7 Å². The van der Waals surface area contributed by atoms with Crippen LogP contribution in [0, 0.1) is 5.92 Å². The molecule has 3 fully saturated rings. The molecule has 2 heterocycles. The molecule has 23 heavy (non-hydrogen) atoms. The van der Waals surface area contributed by atoms with Crippen LogP contribution in [0.2, 0.25) is 0 Å². The van der Waals surface area contributed by atoms with Crippen molar-refractivity contribution in [3.8, 4) is 0 Å². The average molecular weight is 317 g/mol. The molecule has 0 atom stereocenters. The Hall–Kier alpha value is -2.04. The van der Waals surface area contributed by atoms with Gasteiger partial charge in [-0.25, -0.2) is 9.59 Å². The molecule has 2 saturated heterocycles. The zero-order chi connectivity index (χ0) is 16.2. The number of benzene rings is 1. The summed E-state index contributed by atoms with van der Waals surface area (Å²) in [6, 6.07) is 7.38. The Labute approximate surface area is 136 Å². The number of esters is 1. The molecule has 0 N–H and O–H groups in total. The van der Waals surface area contributed by atoms with Crippen LogP contribution in [0.3, 0.4) is 0 Å². The third-order valence-corrected chi connectivity index (χ3v) is 4.75. The van der Waals surface area contributed by atoms with Crippen LogP contribution in [0.1, 0.15) is 48.5 Å². The second kappa shape index (κ2) is 7.02. The molecule has 0 radical (unpaired) electrons. The molecule has 1 aromatic rings. The first-order valence-electron chi connectivity index (χ1n) is 8.37. The number of carbonyl (C=O) groups is 2. The fourth-order valence-corrected chi connectivity index (χ4v) is 3.52. The minimum Gasteiger partial charge on any atom is -0.462 e. The number of nitrogens with zero attached hydrogens (tertiary/aromatic N) is 1. The van der Waals surface area contributed by atoms with Gasteiger partial charge in [0.2, 0.25) is 0 Å². The highest BCUT2D eigenvalue weighted by atomic mass is 16.6. The van der Waals surface area contributed by atoms with Gasteiger partial charge in [-0.05, 0) is 56.2 Å². The fraction of sp³-hybridized carbons (Fsp3) is 0.556. The maximum Gasteiger partial charge on any atom is 0.410 e. The predicted octanol–water partition coefficient (Wildman–Crippen LogP) is 3.37. The second-order valence-corrected chi connectivity index (χ2v) is 6.30. The van der Waals surface area contributed by atoms with Crippen molar-refractivity contribution in [2.75, 3.05) is 13.2 Å². The third-order valence-electron chi connectivity index (χ3n) is 4.75. The van der Waals surface area contributed by atoms with Gasteiger partial charge in [0.05, 0.1) is 12.2 Å². The summed E-state index contributed by atoms with van der Waals surface area (Å²) in [5.41, 5.74) is 1.28. The van der Waals surface area contributed by atoms with Crippen molar-refractivity contribution in [3.63, 3.8) is 0 Å². The molecule has 5 heteroatoms. The maximum atomic E-state index is 12.3. The highest BCUT2D eigenvalue weighted by Crippen LogP contribution is 2.35. The first-order chi connectivity index (χ1) is 11.2. The summed E-state index contributed by atoms with van der Waals surface area (Å²) in [7, 11) is 0. The normalized spacial score (nSPS) is 22.7. The summed E-state index contributed by atoms with van der Waals surface area (Å²) in [6.07, 6.45) is 4.42. The van der Waals surface area contributed by atoms with Gasteiger partial charge in [0, 0.05) is 12.6 Å². The maximum absolute atomic E-state index is 12.3. The van der Waals surface area contributed by atoms with Crippen LogP contribution in [-0.2, 0) is 16.1 Å². The Bertz CT molecular complexity index is 578. The lowest BCUT2D eigenvalue weighted by Gasteiger charge is -2.44. The van der Waals surface area contributed by atoms with Crippen LogP contribution in [0.5, 0.6) is 0 Å². The molecular weight excluding hydrogens is 294 g/mol. The lowest BCUT2D eigenvalue weighted by molar-refractivity contribution is 0.0265. The van der Waals surface area contributed by atoms with Crippen LogP contribution in [0.4, 0.5) is 4.79 Å². The predicted molar refractivity (Wildman–Crippen MR) is 85.0 cm³/mol. The number of carbonyl (C=O) groups excluding carboxylic acids is 2. The molecule has 0 unspecified atom stereocenters. The number of hydrogen-bond donors (Lipinski definition) is 0. The molecule has 2 bridgehead atoms. The van der Waals surface area contributed by atoms with E-state index in [2.05, 4.69) is 0 Å². The Kier molecular flexibility index (Phi) is 4.84. The van der Waals surface area contributed by atoms with Gasteiger partial charge >= 0.3 is 12.1 Å². The molecule has 0 aromatic heterocycles. The van der Waals surface area contributed by atoms with E-state index in [0.717, 1.165) is 24.9 Å². The van der Waals surface area contributed by atoms with E-state index in [1.165, 1.54) is 12.8 Å². The van der Waals surface area contributed by atoms with Crippen molar-refractivity contribution in [2.45, 2.75) is 45.3 Å². The van der Waals surface area contributed by atoms with E-state index < -0.39 is 0 Å². The minimum atomic E-state index is -0.353. The monoisotopic (exact) mass is 317 g/mol. The molecule has 1 aliphatic carbocycles. The Morgan fingerprint density at radius 3 is 2.61 bits per heavy atom. The standard InChI is InChI=1S/C18H23NO4/c1-2-22-17(20)15-5-3-4-14(10-15)12-23-18(21)19-11-13-6-8-16(19)9-7-13/h3-5,10,13,16H,2,6-9,11-12H2,1H3. The van der Waals surface area contributed by atoms with Crippen molar-refractivity contribution in [3.05, 3.63) is 35.4 Å². The van der Waals surface area contributed by atoms with Gasteiger partial charge in [0.25, 0.3) is 0 Å². The quantitative estimate of drug-likeness (QED) is 0.799. The van der Waals surface area contributed by atoms with Crippen LogP contribution in [0.15, 0.2) is 24.3 Å². The number of piperidine rings is 2. The number of rotatable bonds is 4. The van der Waals surface area contributed by atoms with E-state index >= 15 is 0 Å². The lowest BCUT2D eigenvalue weighted by atomic mass is 9.80. The topological polar surface area (TPSA) is 55.8 Å². The molecule has 1 amide bonds. The first-order valence-corrected chi connectivity index (χ1v) is 8.37. The summed E-state index contributed by atoms with van der Waals surface area (Å²) < 4.78 is 10.4. The molecule has 2 aliphatic heterocycles. The highest BCUT2D eigenvalue weighted by Gasteiger charge is 2.37. The lowest BCUT2D eigenvalue weighted by Crippen LogP contribution is -2.50. The zero-order valence-electron chi connectivity index (χ0n) is 13.5. The number of amides is 1. The largest absolute Gasteiger partial charge is 0.462 e. The van der Waals surface area contributed by atoms with Crippen molar-refractivity contribution >= 4 is 12.1 Å². The van der Waals surface area contributed by atoms with Crippen molar-refractivity contribution < 1.29 is 19.1 Å². The van der Waals surface area contributed by atoms with E-state index in [1.807, 2.05) is 11.0 Å². The summed E-state index contributed by atoms with van der Waals surface area (Å²) in [5.74, 6) is 0.286. The Balaban J connectivity index is 1.57. The van der Waals surface area contributed by atoms with Gasteiger partial charge in [0.1, 0.15) is 6.61 Å². The van der Waals surface area contributed by atoms with E-state index in [1.54, 1.807) is 25.1 Å². The third kappa shape index (κ3) is 3.66. The van der Waals surface area contributed by atoms with Crippen LogP contribution < -0.4 is 0 Å². The molecule has 124 valence electrons. The van der Waals surface area contributed by atoms with Gasteiger partial charge in [-0.15, -0.1) is 0 Å². The Morgan fingerprint density at radius 1 is 1.17 bits per heavy atom. The zero-order valence-corrected chi connectivity index (χ0v) is 13.5. The molecule has 3 aliphatic rings. The highest BCUT2D eigenvalue weighted by molar-refractivity contribution is 5.89. The van der Waals surface area contributed by atoms with Crippen molar-refractivity contribution in [1.29, 1.82) is 0 Å². The number of fused-ring (bicyclic) bond motifs is 3. The molecular formula is C18H23NO4. The van der Waals surface area contributed by atoms with Gasteiger partial charge in [-0.1, -0.05) is 12.1 Å². The van der Waals surface area contributed by atoms with Crippen LogP contribution in [0.25, 0.3) is 0 Å². The number of ether oxygens (including phenoxy) is 2. The van der Waals surface area contributed by atoms with Crippen LogP contribution >= 0.6 is 0 Å². The van der Waals surface area contributed by atoms with Crippen molar-refractivity contribution in [1.82, 2.24) is 4.90 Å². The molecule has 0 spiro atoms. The summed E-state index contributed by atoms with van der Waals surface area (Å²) in [5, 5.41) is 0. The first kappa shape index (κ1) is 15.8. The number of hydrogen-bond acceptors (Lipinski definition) is 4.